The van der Waals surface area contributed by atoms with Gasteiger partial charge in [0.1, 0.15) is 5.69 Å². The van der Waals surface area contributed by atoms with Crippen molar-refractivity contribution in [3.05, 3.63) is 29.7 Å². The van der Waals surface area contributed by atoms with Crippen LogP contribution in [0.1, 0.15) is 10.5 Å². The summed E-state index contributed by atoms with van der Waals surface area (Å²) in [4.78, 5) is 10.6. The van der Waals surface area contributed by atoms with Crippen LogP contribution >= 0.6 is 0 Å². The van der Waals surface area contributed by atoms with E-state index in [2.05, 4.69) is 14.9 Å². The highest BCUT2D eigenvalue weighted by molar-refractivity contribution is 5.82. The van der Waals surface area contributed by atoms with Gasteiger partial charge in [-0.25, -0.2) is 9.02 Å². The fourth-order valence-electron chi connectivity index (χ4n) is 1.29. The van der Waals surface area contributed by atoms with Crippen molar-refractivity contribution in [1.29, 1.82) is 0 Å². The zero-order valence-corrected chi connectivity index (χ0v) is 8.31. The van der Waals surface area contributed by atoms with Gasteiger partial charge in [-0.3, -0.25) is 4.79 Å². The molecule has 0 bridgehead atoms. The van der Waals surface area contributed by atoms with E-state index < -0.39 is 5.82 Å². The molecule has 0 saturated carbocycles. The second kappa shape index (κ2) is 4.09. The van der Waals surface area contributed by atoms with Crippen LogP contribution in [0.15, 0.2) is 22.8 Å². The second-order valence-corrected chi connectivity index (χ2v) is 2.97. The van der Waals surface area contributed by atoms with Gasteiger partial charge < -0.3 is 4.74 Å². The van der Waals surface area contributed by atoms with Gasteiger partial charge in [-0.15, -0.1) is 0 Å². The van der Waals surface area contributed by atoms with E-state index in [1.54, 1.807) is 6.07 Å². The van der Waals surface area contributed by atoms with Crippen molar-refractivity contribution in [3.63, 3.8) is 0 Å². The van der Waals surface area contributed by atoms with Crippen LogP contribution in [0.5, 0.6) is 5.75 Å². The molecule has 2 rings (SSSR count). The van der Waals surface area contributed by atoms with E-state index in [9.17, 15) is 9.18 Å². The molecule has 0 N–H and O–H groups in total. The topological polar surface area (TPSA) is 65.2 Å². The molecule has 6 heteroatoms. The number of hydrogen-bond acceptors (Lipinski definition) is 5. The molecular formula is C10H7FN2O3. The molecule has 0 aliphatic carbocycles. The zero-order valence-electron chi connectivity index (χ0n) is 8.31. The number of ether oxygens (including phenoxy) is 1. The van der Waals surface area contributed by atoms with Gasteiger partial charge in [-0.2, -0.15) is 0 Å². The lowest BCUT2D eigenvalue weighted by atomic mass is 10.1. The van der Waals surface area contributed by atoms with E-state index in [-0.39, 0.29) is 17.1 Å². The van der Waals surface area contributed by atoms with Crippen LogP contribution in [-0.4, -0.2) is 23.7 Å². The molecule has 0 radical (unpaired) electrons. The van der Waals surface area contributed by atoms with E-state index in [0.717, 1.165) is 0 Å². The van der Waals surface area contributed by atoms with Crippen molar-refractivity contribution in [1.82, 2.24) is 10.3 Å². The Hall–Kier alpha value is -2.24. The molecule has 0 atom stereocenters. The normalized spacial score (nSPS) is 10.1. The minimum Gasteiger partial charge on any atom is -0.494 e. The van der Waals surface area contributed by atoms with Gasteiger partial charge in [-0.1, -0.05) is 0 Å². The fourth-order valence-corrected chi connectivity index (χ4v) is 1.29. The average Bonchev–Trinajstić information content (AvgIpc) is 2.77. The number of hydrogen-bond donors (Lipinski definition) is 0. The first-order valence-corrected chi connectivity index (χ1v) is 4.38. The summed E-state index contributed by atoms with van der Waals surface area (Å²) < 4.78 is 22.6. The summed E-state index contributed by atoms with van der Waals surface area (Å²) in [5.74, 6) is -0.423. The van der Waals surface area contributed by atoms with Gasteiger partial charge in [-0.05, 0) is 28.5 Å². The number of carbonyl (C=O) groups is 1. The van der Waals surface area contributed by atoms with Crippen LogP contribution in [0.3, 0.4) is 0 Å². The Balaban J connectivity index is 2.49. The van der Waals surface area contributed by atoms with Crippen molar-refractivity contribution in [2.45, 2.75) is 0 Å². The van der Waals surface area contributed by atoms with Crippen LogP contribution in [0.4, 0.5) is 4.39 Å². The molecule has 1 heterocycles. The SMILES string of the molecule is COc1ccc(-c2nonc2C=O)cc1F. The lowest BCUT2D eigenvalue weighted by molar-refractivity contribution is 0.111. The quantitative estimate of drug-likeness (QED) is 0.739. The number of benzene rings is 1. The molecular weight excluding hydrogens is 215 g/mol. The van der Waals surface area contributed by atoms with Crippen LogP contribution in [0.25, 0.3) is 11.3 Å². The summed E-state index contributed by atoms with van der Waals surface area (Å²) in [5, 5.41) is 6.90. The number of rotatable bonds is 3. The van der Waals surface area contributed by atoms with Crippen molar-refractivity contribution in [3.8, 4) is 17.0 Å². The second-order valence-electron chi connectivity index (χ2n) is 2.97. The maximum atomic E-state index is 13.4. The molecule has 5 nitrogen and oxygen atoms in total. The van der Waals surface area contributed by atoms with Crippen LogP contribution in [0, 0.1) is 5.82 Å². The first-order valence-electron chi connectivity index (χ1n) is 4.38. The summed E-state index contributed by atoms with van der Waals surface area (Å²) in [6.45, 7) is 0. The number of methoxy groups -OCH3 is 1. The maximum absolute atomic E-state index is 13.4. The largest absolute Gasteiger partial charge is 0.494 e. The van der Waals surface area contributed by atoms with Crippen LogP contribution < -0.4 is 4.74 Å². The summed E-state index contributed by atoms with van der Waals surface area (Å²) in [7, 11) is 1.37. The van der Waals surface area contributed by atoms with Crippen molar-refractivity contribution in [2.24, 2.45) is 0 Å². The van der Waals surface area contributed by atoms with Crippen molar-refractivity contribution in [2.75, 3.05) is 7.11 Å². The van der Waals surface area contributed by atoms with Gasteiger partial charge in [0.2, 0.25) is 0 Å². The molecule has 16 heavy (non-hydrogen) atoms. The molecule has 2 aromatic rings. The highest BCUT2D eigenvalue weighted by atomic mass is 19.1. The van der Waals surface area contributed by atoms with E-state index >= 15 is 0 Å². The Morgan fingerprint density at radius 1 is 1.44 bits per heavy atom. The minimum atomic E-state index is -0.542. The van der Waals surface area contributed by atoms with Gasteiger partial charge in [0.25, 0.3) is 0 Å². The Bertz CT molecular complexity index is 525. The molecule has 0 aliphatic heterocycles. The van der Waals surface area contributed by atoms with Gasteiger partial charge in [0.05, 0.1) is 7.11 Å². The van der Waals surface area contributed by atoms with Crippen molar-refractivity contribution < 1.29 is 18.6 Å². The summed E-state index contributed by atoms with van der Waals surface area (Å²) in [6.07, 6.45) is 0.494. The van der Waals surface area contributed by atoms with E-state index in [0.29, 0.717) is 11.8 Å². The molecule has 0 aliphatic rings. The average molecular weight is 222 g/mol. The van der Waals surface area contributed by atoms with E-state index in [1.165, 1.54) is 19.2 Å². The number of nitrogens with zero attached hydrogens (tertiary/aromatic N) is 2. The molecule has 1 aromatic carbocycles. The molecule has 0 saturated heterocycles. The van der Waals surface area contributed by atoms with E-state index in [1.807, 2.05) is 0 Å². The third kappa shape index (κ3) is 1.65. The Morgan fingerprint density at radius 2 is 2.25 bits per heavy atom. The van der Waals surface area contributed by atoms with Crippen LogP contribution in [-0.2, 0) is 0 Å². The number of halogens is 1. The standard InChI is InChI=1S/C10H7FN2O3/c1-15-9-3-2-6(4-7(9)11)10-8(5-14)12-16-13-10/h2-5H,1H3. The number of aldehydes is 1. The number of carbonyl (C=O) groups excluding carboxylic acids is 1. The lowest BCUT2D eigenvalue weighted by Crippen LogP contribution is -1.90. The zero-order chi connectivity index (χ0) is 11.5. The maximum Gasteiger partial charge on any atom is 0.175 e. The van der Waals surface area contributed by atoms with Gasteiger partial charge in [0.15, 0.2) is 23.5 Å². The third-order valence-electron chi connectivity index (χ3n) is 2.05. The molecule has 82 valence electrons. The molecule has 0 fully saturated rings. The van der Waals surface area contributed by atoms with Gasteiger partial charge >= 0.3 is 0 Å². The van der Waals surface area contributed by atoms with Crippen LogP contribution in [0.2, 0.25) is 0 Å². The molecule has 0 unspecified atom stereocenters. The first kappa shape index (κ1) is 10.3. The number of aromatic nitrogens is 2. The lowest BCUT2D eigenvalue weighted by Gasteiger charge is -2.02. The smallest absolute Gasteiger partial charge is 0.175 e. The predicted octanol–water partition coefficient (Wildman–Crippen LogP) is 1.70. The Kier molecular flexibility index (Phi) is 2.63. The van der Waals surface area contributed by atoms with Gasteiger partial charge in [0, 0.05) is 5.56 Å². The third-order valence-corrected chi connectivity index (χ3v) is 2.05. The fraction of sp³-hybridized carbons (Fsp3) is 0.100. The monoisotopic (exact) mass is 222 g/mol. The highest BCUT2D eigenvalue weighted by Crippen LogP contribution is 2.25. The molecule has 0 spiro atoms. The Morgan fingerprint density at radius 3 is 2.88 bits per heavy atom. The van der Waals surface area contributed by atoms with Crippen molar-refractivity contribution >= 4 is 6.29 Å². The minimum absolute atomic E-state index is 0.0320. The summed E-state index contributed by atoms with van der Waals surface area (Å²) in [5.41, 5.74) is 0.641. The Labute approximate surface area is 89.8 Å². The molecule has 0 amide bonds. The van der Waals surface area contributed by atoms with E-state index in [4.69, 9.17) is 4.74 Å². The summed E-state index contributed by atoms with van der Waals surface area (Å²) in [6, 6.07) is 4.20. The highest BCUT2D eigenvalue weighted by Gasteiger charge is 2.13. The predicted molar refractivity (Wildman–Crippen MR) is 51.6 cm³/mol. The molecule has 1 aromatic heterocycles. The first-order chi connectivity index (χ1) is 7.76. The summed E-state index contributed by atoms with van der Waals surface area (Å²) >= 11 is 0.